The van der Waals surface area contributed by atoms with E-state index in [2.05, 4.69) is 36.5 Å². The molecule has 3 N–H and O–H groups in total. The van der Waals surface area contributed by atoms with Crippen molar-refractivity contribution in [2.24, 2.45) is 16.1 Å². The molecule has 7 nitrogen and oxygen atoms in total. The van der Waals surface area contributed by atoms with Gasteiger partial charge in [-0.25, -0.2) is 0 Å². The number of benzene rings is 2. The molecule has 1 aliphatic rings. The van der Waals surface area contributed by atoms with Crippen LogP contribution in [0.3, 0.4) is 0 Å². The van der Waals surface area contributed by atoms with Crippen molar-refractivity contribution in [2.45, 2.75) is 5.92 Å². The zero-order chi connectivity index (χ0) is 19.0. The summed E-state index contributed by atoms with van der Waals surface area (Å²) < 4.78 is 0.802. The van der Waals surface area contributed by atoms with Crippen LogP contribution >= 0.6 is 15.9 Å². The number of fused-ring (bicyclic) bond motifs is 1. The summed E-state index contributed by atoms with van der Waals surface area (Å²) in [6.45, 7) is 0.375. The van der Waals surface area contributed by atoms with Crippen LogP contribution in [0.15, 0.2) is 63.2 Å². The van der Waals surface area contributed by atoms with Crippen molar-refractivity contribution in [3.8, 4) is 5.88 Å². The molecule has 2 aromatic carbocycles. The van der Waals surface area contributed by atoms with Gasteiger partial charge in [-0.3, -0.25) is 9.59 Å². The molecule has 0 aliphatic carbocycles. The summed E-state index contributed by atoms with van der Waals surface area (Å²) >= 11 is 3.36. The van der Waals surface area contributed by atoms with Crippen LogP contribution in [-0.4, -0.2) is 28.4 Å². The molecule has 2 heterocycles. The molecule has 1 fully saturated rings. The predicted octanol–water partition coefficient (Wildman–Crippen LogP) is 3.78. The SMILES string of the molecule is O=C(N=Nc1c(O)[nH]c2ccc(Br)cc12)[C@@H]1C(=O)NC[C@@H]1c1ccccc1. The van der Waals surface area contributed by atoms with E-state index in [9.17, 15) is 14.7 Å². The van der Waals surface area contributed by atoms with Gasteiger partial charge in [0.05, 0.1) is 5.52 Å². The highest BCUT2D eigenvalue weighted by Crippen LogP contribution is 2.37. The van der Waals surface area contributed by atoms with Gasteiger partial charge in [0.1, 0.15) is 5.92 Å². The van der Waals surface area contributed by atoms with E-state index in [1.54, 1.807) is 12.1 Å². The average molecular weight is 427 g/mol. The van der Waals surface area contributed by atoms with Gasteiger partial charge in [-0.05, 0) is 23.8 Å². The highest BCUT2D eigenvalue weighted by molar-refractivity contribution is 9.10. The first kappa shape index (κ1) is 17.4. The van der Waals surface area contributed by atoms with E-state index in [1.165, 1.54) is 0 Å². The highest BCUT2D eigenvalue weighted by Gasteiger charge is 2.41. The third-order valence-corrected chi connectivity index (χ3v) is 5.13. The molecule has 2 atom stereocenters. The zero-order valence-electron chi connectivity index (χ0n) is 14.0. The fourth-order valence-electron chi connectivity index (χ4n) is 3.31. The number of carbonyl (C=O) groups is 2. The lowest BCUT2D eigenvalue weighted by molar-refractivity contribution is -0.131. The number of carbonyl (C=O) groups excluding carboxylic acids is 2. The number of hydrogen-bond acceptors (Lipinski definition) is 4. The first-order chi connectivity index (χ1) is 13.0. The molecule has 0 spiro atoms. The molecule has 3 aromatic rings. The molecule has 27 heavy (non-hydrogen) atoms. The minimum Gasteiger partial charge on any atom is -0.493 e. The minimum absolute atomic E-state index is 0.161. The summed E-state index contributed by atoms with van der Waals surface area (Å²) in [6.07, 6.45) is 0. The Kier molecular flexibility index (Phi) is 4.49. The number of hydrogen-bond donors (Lipinski definition) is 3. The molecule has 136 valence electrons. The molecule has 0 unspecified atom stereocenters. The summed E-state index contributed by atoms with van der Waals surface area (Å²) in [5.41, 5.74) is 1.72. The Morgan fingerprint density at radius 1 is 1.19 bits per heavy atom. The van der Waals surface area contributed by atoms with E-state index in [-0.39, 0.29) is 23.4 Å². The maximum atomic E-state index is 12.6. The average Bonchev–Trinajstić information content (AvgIpc) is 3.20. The standard InChI is InChI=1S/C19H15BrN4O3/c20-11-6-7-14-12(8-11)16(19(27)22-14)23-24-18(26)15-13(9-21-17(15)25)10-4-2-1-3-5-10/h1-8,13,15,22,27H,9H2,(H,21,25)/t13-,15+/m1/s1. The van der Waals surface area contributed by atoms with Crippen molar-refractivity contribution >= 4 is 44.3 Å². The minimum atomic E-state index is -0.935. The van der Waals surface area contributed by atoms with Crippen LogP contribution in [0, 0.1) is 5.92 Å². The number of rotatable bonds is 3. The van der Waals surface area contributed by atoms with E-state index in [1.807, 2.05) is 36.4 Å². The summed E-state index contributed by atoms with van der Waals surface area (Å²) in [5.74, 6) is -2.41. The van der Waals surface area contributed by atoms with Crippen LogP contribution in [0.1, 0.15) is 11.5 Å². The fraction of sp³-hybridized carbons (Fsp3) is 0.158. The van der Waals surface area contributed by atoms with Crippen LogP contribution < -0.4 is 5.32 Å². The summed E-state index contributed by atoms with van der Waals surface area (Å²) in [5, 5.41) is 21.1. The Hall–Kier alpha value is -3.00. The normalized spacial score (nSPS) is 19.7. The molecular formula is C19H15BrN4O3. The van der Waals surface area contributed by atoms with E-state index >= 15 is 0 Å². The Morgan fingerprint density at radius 2 is 1.96 bits per heavy atom. The molecule has 0 radical (unpaired) electrons. The van der Waals surface area contributed by atoms with Gasteiger partial charge in [0.15, 0.2) is 5.69 Å². The Bertz CT molecular complexity index is 1060. The summed E-state index contributed by atoms with van der Waals surface area (Å²) in [7, 11) is 0. The van der Waals surface area contributed by atoms with Crippen molar-refractivity contribution in [3.05, 3.63) is 58.6 Å². The van der Waals surface area contributed by atoms with Gasteiger partial charge >= 0.3 is 0 Å². The van der Waals surface area contributed by atoms with Crippen molar-refractivity contribution in [3.63, 3.8) is 0 Å². The van der Waals surface area contributed by atoms with Gasteiger partial charge in [-0.2, -0.15) is 0 Å². The molecule has 8 heteroatoms. The van der Waals surface area contributed by atoms with Gasteiger partial charge in [0.2, 0.25) is 11.8 Å². The van der Waals surface area contributed by atoms with Gasteiger partial charge in [-0.15, -0.1) is 10.2 Å². The first-order valence-corrected chi connectivity index (χ1v) is 9.12. The lowest BCUT2D eigenvalue weighted by atomic mass is 9.88. The molecule has 1 aromatic heterocycles. The molecule has 0 saturated carbocycles. The van der Waals surface area contributed by atoms with Gasteiger partial charge in [-0.1, -0.05) is 46.3 Å². The largest absolute Gasteiger partial charge is 0.493 e. The predicted molar refractivity (Wildman–Crippen MR) is 103 cm³/mol. The lowest BCUT2D eigenvalue weighted by Gasteiger charge is -2.13. The van der Waals surface area contributed by atoms with E-state index in [4.69, 9.17) is 0 Å². The van der Waals surface area contributed by atoms with E-state index in [0.29, 0.717) is 17.4 Å². The molecule has 4 rings (SSSR count). The number of halogens is 1. The van der Waals surface area contributed by atoms with E-state index in [0.717, 1.165) is 10.0 Å². The summed E-state index contributed by atoms with van der Waals surface area (Å²) in [4.78, 5) is 27.6. The number of amides is 2. The van der Waals surface area contributed by atoms with Crippen molar-refractivity contribution < 1.29 is 14.7 Å². The van der Waals surface area contributed by atoms with Crippen LogP contribution in [0.4, 0.5) is 5.69 Å². The number of azo groups is 1. The Balaban J connectivity index is 1.64. The third-order valence-electron chi connectivity index (χ3n) is 4.64. The maximum Gasteiger partial charge on any atom is 0.277 e. The van der Waals surface area contributed by atoms with Gasteiger partial charge in [0.25, 0.3) is 5.91 Å². The quantitative estimate of drug-likeness (QED) is 0.438. The topological polar surface area (TPSA) is 107 Å². The molecule has 0 bridgehead atoms. The van der Waals surface area contributed by atoms with Gasteiger partial charge < -0.3 is 15.4 Å². The Morgan fingerprint density at radius 3 is 2.74 bits per heavy atom. The second-order valence-electron chi connectivity index (χ2n) is 6.29. The number of nitrogens with zero attached hydrogens (tertiary/aromatic N) is 2. The Labute approximate surface area is 162 Å². The monoisotopic (exact) mass is 426 g/mol. The number of aromatic hydroxyl groups is 1. The molecular weight excluding hydrogens is 412 g/mol. The number of aromatic nitrogens is 1. The van der Waals surface area contributed by atoms with Crippen molar-refractivity contribution in [2.75, 3.05) is 6.54 Å². The lowest BCUT2D eigenvalue weighted by Crippen LogP contribution is -2.25. The highest BCUT2D eigenvalue weighted by atomic mass is 79.9. The van der Waals surface area contributed by atoms with Crippen LogP contribution in [0.5, 0.6) is 5.88 Å². The zero-order valence-corrected chi connectivity index (χ0v) is 15.6. The van der Waals surface area contributed by atoms with E-state index < -0.39 is 11.8 Å². The van der Waals surface area contributed by atoms with Gasteiger partial charge in [0, 0.05) is 22.3 Å². The molecule has 1 aliphatic heterocycles. The van der Waals surface area contributed by atoms with Crippen LogP contribution in [-0.2, 0) is 9.59 Å². The number of nitrogens with one attached hydrogen (secondary N) is 2. The first-order valence-electron chi connectivity index (χ1n) is 8.33. The summed E-state index contributed by atoms with van der Waals surface area (Å²) in [6, 6.07) is 14.7. The maximum absolute atomic E-state index is 12.6. The molecule has 1 saturated heterocycles. The molecule has 2 amide bonds. The smallest absolute Gasteiger partial charge is 0.277 e. The van der Waals surface area contributed by atoms with Crippen molar-refractivity contribution in [1.82, 2.24) is 10.3 Å². The third kappa shape index (κ3) is 3.23. The second kappa shape index (κ2) is 6.96. The fourth-order valence-corrected chi connectivity index (χ4v) is 3.68. The second-order valence-corrected chi connectivity index (χ2v) is 7.21. The van der Waals surface area contributed by atoms with Crippen LogP contribution in [0.2, 0.25) is 0 Å². The van der Waals surface area contributed by atoms with Crippen LogP contribution in [0.25, 0.3) is 10.9 Å². The van der Waals surface area contributed by atoms with Crippen molar-refractivity contribution in [1.29, 1.82) is 0 Å². The number of aromatic amines is 1. The number of H-pyrrole nitrogens is 1.